The Hall–Kier alpha value is -2.58. The van der Waals surface area contributed by atoms with E-state index in [0.717, 1.165) is 19.3 Å². The van der Waals surface area contributed by atoms with E-state index < -0.39 is 11.7 Å². The molecular formula is C24H31FN4O3. The van der Waals surface area contributed by atoms with E-state index >= 15 is 0 Å². The first-order valence-electron chi connectivity index (χ1n) is 11.3. The smallest absolute Gasteiger partial charge is 0.225 e. The van der Waals surface area contributed by atoms with Crippen molar-refractivity contribution in [1.29, 1.82) is 0 Å². The molecule has 172 valence electrons. The average molecular weight is 443 g/mol. The van der Waals surface area contributed by atoms with Gasteiger partial charge in [0.05, 0.1) is 30.9 Å². The Morgan fingerprint density at radius 3 is 2.81 bits per heavy atom. The lowest BCUT2D eigenvalue weighted by Gasteiger charge is -2.37. The zero-order valence-corrected chi connectivity index (χ0v) is 18.8. The summed E-state index contributed by atoms with van der Waals surface area (Å²) in [5, 5.41) is 10.8. The molecule has 1 N–H and O–H groups in total. The molecule has 1 amide bonds. The highest BCUT2D eigenvalue weighted by Crippen LogP contribution is 2.34. The van der Waals surface area contributed by atoms with E-state index in [4.69, 9.17) is 9.72 Å². The fourth-order valence-corrected chi connectivity index (χ4v) is 4.55. The molecule has 8 heteroatoms. The quantitative estimate of drug-likeness (QED) is 0.765. The molecular weight excluding hydrogens is 411 g/mol. The molecule has 2 aromatic rings. The third kappa shape index (κ3) is 5.07. The van der Waals surface area contributed by atoms with Crippen LogP contribution in [-0.2, 0) is 9.53 Å². The predicted octanol–water partition coefficient (Wildman–Crippen LogP) is 3.33. The number of aromatic nitrogens is 2. The maximum absolute atomic E-state index is 13.9. The summed E-state index contributed by atoms with van der Waals surface area (Å²) in [6, 6.07) is 6.30. The largest absolute Gasteiger partial charge is 0.389 e. The molecule has 1 aromatic carbocycles. The predicted molar refractivity (Wildman–Crippen MR) is 120 cm³/mol. The van der Waals surface area contributed by atoms with Crippen molar-refractivity contribution in [3.63, 3.8) is 0 Å². The van der Waals surface area contributed by atoms with Gasteiger partial charge in [0.15, 0.2) is 0 Å². The summed E-state index contributed by atoms with van der Waals surface area (Å²) >= 11 is 0. The molecule has 2 aliphatic rings. The van der Waals surface area contributed by atoms with Gasteiger partial charge in [-0.2, -0.15) is 0 Å². The minimum atomic E-state index is -0.900. The van der Waals surface area contributed by atoms with Gasteiger partial charge in [-0.3, -0.25) is 4.79 Å². The highest BCUT2D eigenvalue weighted by molar-refractivity contribution is 5.77. The lowest BCUT2D eigenvalue weighted by Crippen LogP contribution is -2.46. The van der Waals surface area contributed by atoms with Crippen LogP contribution in [0.4, 0.5) is 10.3 Å². The fraction of sp³-hybridized carbons (Fsp3) is 0.542. The van der Waals surface area contributed by atoms with Gasteiger partial charge in [0.2, 0.25) is 11.9 Å². The summed E-state index contributed by atoms with van der Waals surface area (Å²) in [6.45, 7) is 1.19. The number of rotatable bonds is 5. The lowest BCUT2D eigenvalue weighted by molar-refractivity contribution is -0.145. The number of benzene rings is 1. The van der Waals surface area contributed by atoms with Crippen LogP contribution in [0.15, 0.2) is 30.5 Å². The number of carbonyl (C=O) groups is 1. The van der Waals surface area contributed by atoms with Crippen LogP contribution in [0.3, 0.4) is 0 Å². The number of ether oxygens (including phenoxy) is 1. The molecule has 0 spiro atoms. The Morgan fingerprint density at radius 1 is 1.31 bits per heavy atom. The monoisotopic (exact) mass is 442 g/mol. The molecule has 1 atom stereocenters. The maximum atomic E-state index is 13.9. The number of nitrogens with zero attached hydrogens (tertiary/aromatic N) is 4. The SMILES string of the molecule is CN(C)c1ncc(-c2cccc(F)c2)c([C@H]2CN(C(=O)CC3(O)CCCCC3)CCO2)n1. The number of hydrogen-bond donors (Lipinski definition) is 1. The van der Waals surface area contributed by atoms with Crippen LogP contribution in [0.1, 0.15) is 50.3 Å². The van der Waals surface area contributed by atoms with E-state index in [1.807, 2.05) is 20.2 Å². The zero-order chi connectivity index (χ0) is 22.7. The number of amides is 1. The number of carbonyl (C=O) groups excluding carboxylic acids is 1. The molecule has 0 radical (unpaired) electrons. The van der Waals surface area contributed by atoms with Gasteiger partial charge in [-0.15, -0.1) is 0 Å². The van der Waals surface area contributed by atoms with E-state index in [0.29, 0.717) is 55.3 Å². The van der Waals surface area contributed by atoms with Crippen LogP contribution < -0.4 is 4.90 Å². The van der Waals surface area contributed by atoms with Crippen molar-refractivity contribution in [3.8, 4) is 11.1 Å². The molecule has 1 aliphatic heterocycles. The van der Waals surface area contributed by atoms with Crippen LogP contribution >= 0.6 is 0 Å². The lowest BCUT2D eigenvalue weighted by atomic mass is 9.82. The number of halogens is 1. The van der Waals surface area contributed by atoms with Crippen molar-refractivity contribution in [2.24, 2.45) is 0 Å². The highest BCUT2D eigenvalue weighted by atomic mass is 19.1. The van der Waals surface area contributed by atoms with E-state index in [9.17, 15) is 14.3 Å². The van der Waals surface area contributed by atoms with Gasteiger partial charge in [0.25, 0.3) is 0 Å². The molecule has 2 heterocycles. The molecule has 7 nitrogen and oxygen atoms in total. The Kier molecular flexibility index (Phi) is 6.71. The van der Waals surface area contributed by atoms with E-state index in [2.05, 4.69) is 4.98 Å². The van der Waals surface area contributed by atoms with E-state index in [-0.39, 0.29) is 18.1 Å². The van der Waals surface area contributed by atoms with Crippen LogP contribution in [0, 0.1) is 5.82 Å². The van der Waals surface area contributed by atoms with Crippen LogP contribution in [0.25, 0.3) is 11.1 Å². The van der Waals surface area contributed by atoms with Crippen LogP contribution in [0.2, 0.25) is 0 Å². The first-order valence-corrected chi connectivity index (χ1v) is 11.3. The van der Waals surface area contributed by atoms with Crippen molar-refractivity contribution in [3.05, 3.63) is 42.0 Å². The first kappa shape index (κ1) is 22.6. The van der Waals surface area contributed by atoms with Crippen molar-refractivity contribution < 1.29 is 19.0 Å². The fourth-order valence-electron chi connectivity index (χ4n) is 4.55. The number of anilines is 1. The van der Waals surface area contributed by atoms with Crippen LogP contribution in [0.5, 0.6) is 0 Å². The molecule has 0 bridgehead atoms. The highest BCUT2D eigenvalue weighted by Gasteiger charge is 2.36. The van der Waals surface area contributed by atoms with Gasteiger partial charge >= 0.3 is 0 Å². The first-order chi connectivity index (χ1) is 15.3. The van der Waals surface area contributed by atoms with Gasteiger partial charge in [-0.1, -0.05) is 31.4 Å². The standard InChI is InChI=1S/C24H31FN4O3/c1-28(2)23-26-15-19(17-7-6-8-18(25)13-17)22(27-23)20-16-29(11-12-32-20)21(30)14-24(31)9-4-3-5-10-24/h6-8,13,15,20,31H,3-5,9-12,14,16H2,1-2H3/t20-/m1/s1. The third-order valence-electron chi connectivity index (χ3n) is 6.33. The van der Waals surface area contributed by atoms with Gasteiger partial charge in [0, 0.05) is 32.4 Å². The Balaban J connectivity index is 1.59. The maximum Gasteiger partial charge on any atom is 0.225 e. The van der Waals surface area contributed by atoms with Gasteiger partial charge in [0.1, 0.15) is 11.9 Å². The minimum Gasteiger partial charge on any atom is -0.389 e. The molecule has 4 rings (SSSR count). The summed E-state index contributed by atoms with van der Waals surface area (Å²) in [4.78, 5) is 25.7. The molecule has 1 aromatic heterocycles. The van der Waals surface area contributed by atoms with Crippen LogP contribution in [-0.4, -0.2) is 65.3 Å². The molecule has 0 unspecified atom stereocenters. The summed E-state index contributed by atoms with van der Waals surface area (Å²) in [6.07, 6.45) is 5.74. The topological polar surface area (TPSA) is 78.8 Å². The van der Waals surface area contributed by atoms with Gasteiger partial charge in [-0.05, 0) is 30.5 Å². The van der Waals surface area contributed by atoms with Crippen molar-refractivity contribution in [1.82, 2.24) is 14.9 Å². The molecule has 1 aliphatic carbocycles. The minimum absolute atomic E-state index is 0.0584. The van der Waals surface area contributed by atoms with E-state index in [1.54, 1.807) is 22.1 Å². The summed E-state index contributed by atoms with van der Waals surface area (Å²) in [5.74, 6) is 0.118. The van der Waals surface area contributed by atoms with Crippen molar-refractivity contribution in [2.75, 3.05) is 38.7 Å². The zero-order valence-electron chi connectivity index (χ0n) is 18.8. The molecule has 2 fully saturated rings. The second kappa shape index (κ2) is 9.50. The number of hydrogen-bond acceptors (Lipinski definition) is 6. The summed E-state index contributed by atoms with van der Waals surface area (Å²) < 4.78 is 19.9. The Labute approximate surface area is 188 Å². The van der Waals surface area contributed by atoms with Gasteiger partial charge in [-0.25, -0.2) is 14.4 Å². The number of aliphatic hydroxyl groups is 1. The van der Waals surface area contributed by atoms with Crippen molar-refractivity contribution in [2.45, 2.75) is 50.2 Å². The Morgan fingerprint density at radius 2 is 2.09 bits per heavy atom. The van der Waals surface area contributed by atoms with Crippen molar-refractivity contribution >= 4 is 11.9 Å². The second-order valence-corrected chi connectivity index (χ2v) is 9.03. The summed E-state index contributed by atoms with van der Waals surface area (Å²) in [5.41, 5.74) is 1.07. The molecule has 1 saturated carbocycles. The normalized spacial score (nSPS) is 20.8. The average Bonchev–Trinajstić information content (AvgIpc) is 2.79. The van der Waals surface area contributed by atoms with Gasteiger partial charge < -0.3 is 19.6 Å². The number of morpholine rings is 1. The molecule has 32 heavy (non-hydrogen) atoms. The van der Waals surface area contributed by atoms with E-state index in [1.165, 1.54) is 12.1 Å². The Bertz CT molecular complexity index is 962. The summed E-state index contributed by atoms with van der Waals surface area (Å²) in [7, 11) is 3.70. The second-order valence-electron chi connectivity index (χ2n) is 9.03. The molecule has 1 saturated heterocycles. The third-order valence-corrected chi connectivity index (χ3v) is 6.33.